The van der Waals surface area contributed by atoms with Crippen LogP contribution in [-0.2, 0) is 0 Å². The third-order valence-corrected chi connectivity index (χ3v) is 11.8. The lowest BCUT2D eigenvalue weighted by Crippen LogP contribution is -2.40. The highest BCUT2D eigenvalue weighted by molar-refractivity contribution is 7.21. The molecule has 0 nitrogen and oxygen atoms in total. The van der Waals surface area contributed by atoms with Gasteiger partial charge in [0.25, 0.3) is 0 Å². The Kier molecular flexibility index (Phi) is 4.42. The molecule has 0 spiro atoms. The molecule has 4 aromatic carbocycles. The van der Waals surface area contributed by atoms with Crippen LogP contribution in [0, 0.1) is 23.3 Å². The maximum Gasteiger partial charge on any atom is 0.177 e. The molecule has 0 fully saturated rings. The van der Waals surface area contributed by atoms with Gasteiger partial charge in [0.1, 0.15) is 23.3 Å². The zero-order valence-corrected chi connectivity index (χ0v) is 19.2. The first-order valence-corrected chi connectivity index (χ1v) is 14.3. The van der Waals surface area contributed by atoms with Gasteiger partial charge in [-0.15, -0.1) is 0 Å². The summed E-state index contributed by atoms with van der Waals surface area (Å²) >= 11 is 7.47. The van der Waals surface area contributed by atoms with E-state index < -0.39 is 41.7 Å². The predicted octanol–water partition coefficient (Wildman–Crippen LogP) is 8.06. The Balaban J connectivity index is 1.65. The number of benzene rings is 4. The summed E-state index contributed by atoms with van der Waals surface area (Å²) in [5.74, 6) is -1.75. The van der Waals surface area contributed by atoms with Crippen molar-refractivity contribution in [3.8, 4) is 22.3 Å². The van der Waals surface area contributed by atoms with Crippen LogP contribution in [0.25, 0.3) is 22.3 Å². The zero-order chi connectivity index (χ0) is 23.1. The summed E-state index contributed by atoms with van der Waals surface area (Å²) in [5, 5.41) is 0. The molecule has 0 aliphatic heterocycles. The summed E-state index contributed by atoms with van der Waals surface area (Å²) in [5.41, 5.74) is 3.50. The van der Waals surface area contributed by atoms with Crippen molar-refractivity contribution in [2.45, 2.75) is 17.6 Å². The molecule has 2 aliphatic rings. The average molecular weight is 481 g/mol. The van der Waals surface area contributed by atoms with Crippen molar-refractivity contribution in [3.63, 3.8) is 0 Å². The van der Waals surface area contributed by atoms with Crippen molar-refractivity contribution >= 4 is 18.5 Å². The minimum absolute atomic E-state index is 0.407. The van der Waals surface area contributed by atoms with Gasteiger partial charge in [0.2, 0.25) is 0 Å². The summed E-state index contributed by atoms with van der Waals surface area (Å²) in [6.07, 6.45) is 0. The van der Waals surface area contributed by atoms with Crippen molar-refractivity contribution in [1.29, 1.82) is 0 Å². The van der Waals surface area contributed by atoms with E-state index in [1.807, 2.05) is 6.55 Å². The molecule has 6 heteroatoms. The van der Waals surface area contributed by atoms with Crippen LogP contribution in [0.3, 0.4) is 0 Å². The van der Waals surface area contributed by atoms with E-state index in [0.717, 1.165) is 11.1 Å². The Morgan fingerprint density at radius 2 is 1.03 bits per heavy atom. The van der Waals surface area contributed by atoms with E-state index in [4.69, 9.17) is 11.1 Å². The van der Waals surface area contributed by atoms with E-state index in [0.29, 0.717) is 33.4 Å². The molecule has 0 N–H and O–H groups in total. The van der Waals surface area contributed by atoms with Gasteiger partial charge in [-0.25, -0.2) is 17.6 Å². The molecule has 6 rings (SSSR count). The molecule has 33 heavy (non-hydrogen) atoms. The van der Waals surface area contributed by atoms with E-state index in [-0.39, 0.29) is 0 Å². The highest BCUT2D eigenvalue weighted by atomic mass is 35.6. The largest absolute Gasteiger partial charge is 0.207 e. The van der Waals surface area contributed by atoms with E-state index in [1.165, 1.54) is 36.4 Å². The zero-order valence-electron chi connectivity index (χ0n) is 17.5. The average Bonchev–Trinajstić information content (AvgIpc) is 3.28. The van der Waals surface area contributed by atoms with Crippen molar-refractivity contribution < 1.29 is 17.6 Å². The summed E-state index contributed by atoms with van der Waals surface area (Å²) in [7, 11) is -3.29. The smallest absolute Gasteiger partial charge is 0.177 e. The van der Waals surface area contributed by atoms with Gasteiger partial charge in [0.05, 0.1) is 0 Å². The van der Waals surface area contributed by atoms with Gasteiger partial charge < -0.3 is 0 Å². The molecular weight excluding hydrogens is 464 g/mol. The first kappa shape index (κ1) is 20.7. The summed E-state index contributed by atoms with van der Waals surface area (Å²) in [6.45, 7) is 1.84. The first-order chi connectivity index (χ1) is 15.8. The van der Waals surface area contributed by atoms with Gasteiger partial charge >= 0.3 is 0 Å². The van der Waals surface area contributed by atoms with Crippen molar-refractivity contribution in [2.24, 2.45) is 0 Å². The Morgan fingerprint density at radius 3 is 1.45 bits per heavy atom. The second kappa shape index (κ2) is 7.05. The van der Waals surface area contributed by atoms with Crippen LogP contribution in [0.1, 0.15) is 33.3 Å². The van der Waals surface area contributed by atoms with Gasteiger partial charge in [-0.05, 0) is 69.8 Å². The Morgan fingerprint density at radius 1 is 0.606 bits per heavy atom. The second-order valence-corrected chi connectivity index (χ2v) is 14.8. The third-order valence-electron chi connectivity index (χ3n) is 7.04. The van der Waals surface area contributed by atoms with Crippen LogP contribution in [0.5, 0.6) is 0 Å². The molecule has 0 saturated carbocycles. The molecule has 4 aromatic rings. The van der Waals surface area contributed by atoms with Crippen molar-refractivity contribution in [3.05, 3.63) is 118 Å². The lowest BCUT2D eigenvalue weighted by molar-refractivity contribution is 0.607. The molecule has 0 aromatic heterocycles. The van der Waals surface area contributed by atoms with Gasteiger partial charge in [-0.3, -0.25) is 0 Å². The molecule has 0 saturated heterocycles. The molecule has 0 bridgehead atoms. The van der Waals surface area contributed by atoms with E-state index in [1.54, 1.807) is 36.4 Å². The molecular formula is C27H17ClF4Si. The van der Waals surface area contributed by atoms with Gasteiger partial charge in [-0.2, -0.15) is 11.1 Å². The molecule has 164 valence electrons. The van der Waals surface area contributed by atoms with Gasteiger partial charge in [-0.1, -0.05) is 42.9 Å². The summed E-state index contributed by atoms with van der Waals surface area (Å²) in [6, 6.07) is 18.3. The Hall–Kier alpha value is -2.89. The van der Waals surface area contributed by atoms with Gasteiger partial charge in [0, 0.05) is 22.2 Å². The lowest BCUT2D eigenvalue weighted by atomic mass is 10.1. The van der Waals surface area contributed by atoms with Gasteiger partial charge in [0.15, 0.2) is 7.38 Å². The fraction of sp³-hybridized carbons (Fsp3) is 0.111. The maximum absolute atomic E-state index is 15.3. The van der Waals surface area contributed by atoms with Crippen molar-refractivity contribution in [1.82, 2.24) is 0 Å². The highest BCUT2D eigenvalue weighted by Gasteiger charge is 2.53. The molecule has 2 aliphatic carbocycles. The minimum Gasteiger partial charge on any atom is -0.207 e. The quantitative estimate of drug-likeness (QED) is 0.155. The number of hydrogen-bond donors (Lipinski definition) is 0. The SMILES string of the molecule is C[Si](Cl)(C1c2cc(F)ccc2-c2cccc(F)c21)C1c2cc(F)ccc2-c2cccc(F)c21. The summed E-state index contributed by atoms with van der Waals surface area (Å²) in [4.78, 5) is 0. The van der Waals surface area contributed by atoms with Crippen LogP contribution < -0.4 is 0 Å². The minimum atomic E-state index is -3.29. The Bertz CT molecular complexity index is 1350. The van der Waals surface area contributed by atoms with E-state index in [2.05, 4.69) is 0 Å². The normalized spacial score (nSPS) is 19.5. The van der Waals surface area contributed by atoms with E-state index >= 15 is 8.78 Å². The van der Waals surface area contributed by atoms with E-state index in [9.17, 15) is 8.78 Å². The fourth-order valence-electron chi connectivity index (χ4n) is 5.82. The molecule has 2 atom stereocenters. The third kappa shape index (κ3) is 2.82. The van der Waals surface area contributed by atoms with Crippen LogP contribution >= 0.6 is 11.1 Å². The number of rotatable bonds is 2. The Labute approximate surface area is 194 Å². The predicted molar refractivity (Wildman–Crippen MR) is 125 cm³/mol. The van der Waals surface area contributed by atoms with Crippen LogP contribution in [0.4, 0.5) is 17.6 Å². The maximum atomic E-state index is 15.3. The summed E-state index contributed by atoms with van der Waals surface area (Å²) < 4.78 is 59.4. The number of hydrogen-bond acceptors (Lipinski definition) is 0. The molecule has 0 amide bonds. The first-order valence-electron chi connectivity index (χ1n) is 10.6. The number of halogens is 5. The number of fused-ring (bicyclic) bond motifs is 6. The standard InChI is InChI=1S/C27H17ClF4Si/c1-33(28,26-20-12-14(29)8-10-16(20)18-4-2-6-22(31)24(18)26)27-21-13-15(30)9-11-17(21)19-5-3-7-23(32)25(19)27/h2-13,26-27H,1H3. The fourth-order valence-corrected chi connectivity index (χ4v) is 10.9. The lowest BCUT2D eigenvalue weighted by Gasteiger charge is -2.35. The topological polar surface area (TPSA) is 0 Å². The molecule has 0 heterocycles. The monoisotopic (exact) mass is 480 g/mol. The highest BCUT2D eigenvalue weighted by Crippen LogP contribution is 2.59. The van der Waals surface area contributed by atoms with Crippen LogP contribution in [0.15, 0.2) is 72.8 Å². The van der Waals surface area contributed by atoms with Crippen LogP contribution in [0.2, 0.25) is 6.55 Å². The van der Waals surface area contributed by atoms with Crippen molar-refractivity contribution in [2.75, 3.05) is 0 Å². The second-order valence-electron chi connectivity index (χ2n) is 8.88. The molecule has 0 radical (unpaired) electrons. The van der Waals surface area contributed by atoms with Crippen LogP contribution in [-0.4, -0.2) is 7.38 Å². The molecule has 2 unspecified atom stereocenters.